The van der Waals surface area contributed by atoms with E-state index >= 15 is 0 Å². The molecule has 0 saturated carbocycles. The Morgan fingerprint density at radius 2 is 1.44 bits per heavy atom. The van der Waals surface area contributed by atoms with Crippen LogP contribution >= 0.6 is 0 Å². The Bertz CT molecular complexity index is 1240. The van der Waals surface area contributed by atoms with Gasteiger partial charge in [0.1, 0.15) is 12.0 Å². The highest BCUT2D eigenvalue weighted by Crippen LogP contribution is 2.32. The number of rotatable bonds is 7. The summed E-state index contributed by atoms with van der Waals surface area (Å²) in [4.78, 5) is 29.6. The van der Waals surface area contributed by atoms with Crippen LogP contribution in [0.1, 0.15) is 27.5 Å². The van der Waals surface area contributed by atoms with Crippen molar-refractivity contribution in [2.45, 2.75) is 6.04 Å². The number of nitrogen functional groups attached to an aromatic ring is 1. The summed E-state index contributed by atoms with van der Waals surface area (Å²) >= 11 is 0. The molecule has 2 aromatic carbocycles. The zero-order valence-electron chi connectivity index (χ0n) is 19.8. The second-order valence-corrected chi connectivity index (χ2v) is 8.52. The van der Waals surface area contributed by atoms with Crippen molar-refractivity contribution in [2.24, 2.45) is 0 Å². The molecule has 2 aromatic heterocycles. The van der Waals surface area contributed by atoms with E-state index in [-0.39, 0.29) is 11.9 Å². The Morgan fingerprint density at radius 1 is 0.833 bits per heavy atom. The van der Waals surface area contributed by atoms with Gasteiger partial charge in [0.15, 0.2) is 11.6 Å². The minimum atomic E-state index is -0.307. The molecule has 1 amide bonds. The quantitative estimate of drug-likeness (QED) is 0.346. The number of nitrogens with one attached hydrogen (secondary N) is 2. The maximum atomic E-state index is 12.3. The number of carbonyl (C=O) groups excluding carboxylic acids is 1. The molecule has 0 aliphatic carbocycles. The molecule has 4 aromatic rings. The molecule has 0 bridgehead atoms. The molecular weight excluding hydrogens is 452 g/mol. The molecule has 1 aliphatic heterocycles. The molecule has 1 saturated heterocycles. The predicted molar refractivity (Wildman–Crippen MR) is 140 cm³/mol. The summed E-state index contributed by atoms with van der Waals surface area (Å²) in [5, 5.41) is 0. The van der Waals surface area contributed by atoms with E-state index in [1.54, 1.807) is 24.5 Å². The van der Waals surface area contributed by atoms with Gasteiger partial charge in [-0.05, 0) is 23.3 Å². The lowest BCUT2D eigenvalue weighted by atomic mass is 9.96. The van der Waals surface area contributed by atoms with Gasteiger partial charge in [0, 0.05) is 44.1 Å². The normalized spacial score (nSPS) is 14.0. The zero-order chi connectivity index (χ0) is 24.7. The minimum Gasteiger partial charge on any atom is -0.393 e. The average molecular weight is 481 g/mol. The SMILES string of the molecule is Nc1c(NNC(=O)c2ccncc2)ncnc1N1CCN(C(c2ccccc2)c2ccccc2)CC1. The van der Waals surface area contributed by atoms with Crippen LogP contribution in [0.5, 0.6) is 0 Å². The van der Waals surface area contributed by atoms with Gasteiger partial charge in [-0.3, -0.25) is 25.5 Å². The number of piperazine rings is 1. The van der Waals surface area contributed by atoms with Crippen molar-refractivity contribution in [1.82, 2.24) is 25.3 Å². The molecule has 36 heavy (non-hydrogen) atoms. The van der Waals surface area contributed by atoms with E-state index in [1.165, 1.54) is 17.5 Å². The molecule has 0 atom stereocenters. The van der Waals surface area contributed by atoms with Crippen molar-refractivity contribution in [3.05, 3.63) is 108 Å². The number of hydrazine groups is 1. The lowest BCUT2D eigenvalue weighted by molar-refractivity contribution is 0.0962. The highest BCUT2D eigenvalue weighted by atomic mass is 16.2. The summed E-state index contributed by atoms with van der Waals surface area (Å²) in [6.45, 7) is 3.22. The van der Waals surface area contributed by atoms with E-state index in [0.29, 0.717) is 22.9 Å². The summed E-state index contributed by atoms with van der Waals surface area (Å²) in [6, 6.07) is 24.6. The van der Waals surface area contributed by atoms with Crippen molar-refractivity contribution in [1.29, 1.82) is 0 Å². The van der Waals surface area contributed by atoms with E-state index in [4.69, 9.17) is 5.73 Å². The molecule has 9 heteroatoms. The number of benzene rings is 2. The number of aromatic nitrogens is 3. The Labute approximate surface area is 210 Å². The molecule has 5 rings (SSSR count). The number of hydrogen-bond acceptors (Lipinski definition) is 8. The summed E-state index contributed by atoms with van der Waals surface area (Å²) in [7, 11) is 0. The predicted octanol–water partition coefficient (Wildman–Crippen LogP) is 3.12. The summed E-state index contributed by atoms with van der Waals surface area (Å²) in [5.74, 6) is 0.705. The Hall–Kier alpha value is -4.50. The Morgan fingerprint density at radius 3 is 2.06 bits per heavy atom. The zero-order valence-corrected chi connectivity index (χ0v) is 19.8. The van der Waals surface area contributed by atoms with E-state index in [0.717, 1.165) is 26.2 Å². The van der Waals surface area contributed by atoms with Gasteiger partial charge in [-0.2, -0.15) is 0 Å². The Balaban J connectivity index is 1.28. The fraction of sp³-hybridized carbons (Fsp3) is 0.185. The average Bonchev–Trinajstić information content (AvgIpc) is 2.95. The monoisotopic (exact) mass is 480 g/mol. The smallest absolute Gasteiger partial charge is 0.269 e. The maximum Gasteiger partial charge on any atom is 0.269 e. The van der Waals surface area contributed by atoms with Crippen LogP contribution < -0.4 is 21.5 Å². The van der Waals surface area contributed by atoms with Crippen LogP contribution in [0.2, 0.25) is 0 Å². The van der Waals surface area contributed by atoms with E-state index in [1.807, 2.05) is 12.1 Å². The number of anilines is 3. The van der Waals surface area contributed by atoms with Gasteiger partial charge in [-0.25, -0.2) is 9.97 Å². The van der Waals surface area contributed by atoms with Crippen LogP contribution in [0.15, 0.2) is 91.5 Å². The minimum absolute atomic E-state index is 0.179. The maximum absolute atomic E-state index is 12.3. The van der Waals surface area contributed by atoms with Crippen molar-refractivity contribution in [3.8, 4) is 0 Å². The first kappa shape index (κ1) is 23.3. The van der Waals surface area contributed by atoms with Crippen LogP contribution in [0, 0.1) is 0 Å². The van der Waals surface area contributed by atoms with Crippen molar-refractivity contribution >= 4 is 23.2 Å². The highest BCUT2D eigenvalue weighted by molar-refractivity contribution is 5.95. The van der Waals surface area contributed by atoms with E-state index in [2.05, 4.69) is 84.1 Å². The van der Waals surface area contributed by atoms with Crippen LogP contribution in [-0.2, 0) is 0 Å². The summed E-state index contributed by atoms with van der Waals surface area (Å²) < 4.78 is 0. The molecule has 0 unspecified atom stereocenters. The molecular formula is C27H28N8O. The van der Waals surface area contributed by atoms with Crippen molar-refractivity contribution in [2.75, 3.05) is 42.2 Å². The third kappa shape index (κ3) is 5.11. The summed E-state index contributed by atoms with van der Waals surface area (Å²) in [6.07, 6.45) is 4.58. The van der Waals surface area contributed by atoms with Gasteiger partial charge in [-0.1, -0.05) is 60.7 Å². The molecule has 3 heterocycles. The first-order valence-corrected chi connectivity index (χ1v) is 11.9. The first-order valence-electron chi connectivity index (χ1n) is 11.9. The second-order valence-electron chi connectivity index (χ2n) is 8.52. The largest absolute Gasteiger partial charge is 0.393 e. The number of hydrogen-bond donors (Lipinski definition) is 3. The van der Waals surface area contributed by atoms with Crippen LogP contribution in [0.3, 0.4) is 0 Å². The van der Waals surface area contributed by atoms with E-state index in [9.17, 15) is 4.79 Å². The van der Waals surface area contributed by atoms with Gasteiger partial charge in [0.05, 0.1) is 6.04 Å². The van der Waals surface area contributed by atoms with Crippen molar-refractivity contribution in [3.63, 3.8) is 0 Å². The standard InChI is InChI=1S/C27H28N8O/c28-23-25(32-33-27(36)22-11-13-29-14-12-22)30-19-31-26(23)35-17-15-34(16-18-35)24(20-7-3-1-4-8-20)21-9-5-2-6-10-21/h1-14,19,24H,15-18,28H2,(H,33,36)(H,30,31,32). The Kier molecular flexibility index (Phi) is 7.00. The number of nitrogens with zero attached hydrogens (tertiary/aromatic N) is 5. The lowest BCUT2D eigenvalue weighted by Crippen LogP contribution is -2.48. The molecule has 0 spiro atoms. The number of pyridine rings is 1. The molecule has 0 radical (unpaired) electrons. The molecule has 1 aliphatic rings. The second kappa shape index (κ2) is 10.8. The number of amides is 1. The molecule has 9 nitrogen and oxygen atoms in total. The lowest BCUT2D eigenvalue weighted by Gasteiger charge is -2.40. The van der Waals surface area contributed by atoms with Gasteiger partial charge in [0.25, 0.3) is 5.91 Å². The molecule has 4 N–H and O–H groups in total. The molecule has 1 fully saturated rings. The van der Waals surface area contributed by atoms with E-state index < -0.39 is 0 Å². The topological polar surface area (TPSA) is 112 Å². The van der Waals surface area contributed by atoms with Gasteiger partial charge < -0.3 is 10.6 Å². The van der Waals surface area contributed by atoms with Gasteiger partial charge >= 0.3 is 0 Å². The summed E-state index contributed by atoms with van der Waals surface area (Å²) in [5.41, 5.74) is 15.3. The van der Waals surface area contributed by atoms with Crippen molar-refractivity contribution < 1.29 is 4.79 Å². The van der Waals surface area contributed by atoms with Crippen LogP contribution in [0.4, 0.5) is 17.3 Å². The fourth-order valence-electron chi connectivity index (χ4n) is 4.51. The van der Waals surface area contributed by atoms with Crippen LogP contribution in [0.25, 0.3) is 0 Å². The fourth-order valence-corrected chi connectivity index (χ4v) is 4.51. The number of carbonyl (C=O) groups is 1. The van der Waals surface area contributed by atoms with Gasteiger partial charge in [-0.15, -0.1) is 0 Å². The van der Waals surface area contributed by atoms with Gasteiger partial charge in [0.2, 0.25) is 0 Å². The highest BCUT2D eigenvalue weighted by Gasteiger charge is 2.28. The van der Waals surface area contributed by atoms with Crippen LogP contribution in [-0.4, -0.2) is 51.9 Å². The first-order chi connectivity index (χ1) is 17.7. The third-order valence-electron chi connectivity index (χ3n) is 6.31. The molecule has 182 valence electrons. The third-order valence-corrected chi connectivity index (χ3v) is 6.31. The number of nitrogens with two attached hydrogens (primary N) is 1.